The quantitative estimate of drug-likeness (QED) is 0.0420. The minimum absolute atomic E-state index is 0.0381. The van der Waals surface area contributed by atoms with E-state index in [1.165, 1.54) is 0 Å². The van der Waals surface area contributed by atoms with E-state index in [-0.39, 0.29) is 75.4 Å². The smallest absolute Gasteiger partial charge is 0.239 e. The molecule has 272 valence electrons. The Labute approximate surface area is 283 Å². The molecule has 0 bridgehead atoms. The van der Waals surface area contributed by atoms with Crippen molar-refractivity contribution in [1.82, 2.24) is 36.4 Å². The Morgan fingerprint density at radius 3 is 1.92 bits per heavy atom. The Balaban J connectivity index is 2.16. The molecule has 2 atom stereocenters. The zero-order valence-corrected chi connectivity index (χ0v) is 28.7. The molecular weight excluding hydrogens is 624 g/mol. The second-order valence-electron chi connectivity index (χ2n) is 12.1. The first-order valence-corrected chi connectivity index (χ1v) is 16.7. The van der Waals surface area contributed by atoms with Crippen LogP contribution in [0.25, 0.3) is 0 Å². The summed E-state index contributed by atoms with van der Waals surface area (Å²) in [5.74, 6) is -2.53. The summed E-state index contributed by atoms with van der Waals surface area (Å²) in [4.78, 5) is 87.5. The van der Waals surface area contributed by atoms with E-state index in [2.05, 4.69) is 53.9 Å². The fourth-order valence-electron chi connectivity index (χ4n) is 5.32. The molecule has 16 heteroatoms. The number of nitrogens with two attached hydrogens (primary N) is 1. The van der Waals surface area contributed by atoms with Crippen LogP contribution in [0, 0.1) is 11.3 Å². The van der Waals surface area contributed by atoms with Crippen LogP contribution < -0.4 is 32.3 Å². The molecule has 0 saturated carbocycles. The van der Waals surface area contributed by atoms with Gasteiger partial charge in [-0.2, -0.15) is 0 Å². The maximum absolute atomic E-state index is 13.0. The van der Waals surface area contributed by atoms with Crippen molar-refractivity contribution in [3.8, 4) is 0 Å². The third-order valence-corrected chi connectivity index (χ3v) is 8.89. The van der Waals surface area contributed by atoms with Crippen molar-refractivity contribution in [2.24, 2.45) is 17.1 Å². The number of unbranched alkanes of at least 4 members (excludes halogenated alkanes) is 2. The highest BCUT2D eigenvalue weighted by atomic mass is 16.3. The molecule has 0 spiro atoms. The minimum atomic E-state index is -0.637. The molecular formula is C32H56N8O8. The molecule has 16 nitrogen and oxygen atoms in total. The minimum Gasteiger partial charge on any atom is -0.395 e. The highest BCUT2D eigenvalue weighted by molar-refractivity contribution is 5.91. The van der Waals surface area contributed by atoms with Gasteiger partial charge in [-0.1, -0.05) is 33.8 Å². The monoisotopic (exact) mass is 680 g/mol. The van der Waals surface area contributed by atoms with Gasteiger partial charge in [0.1, 0.15) is 6.29 Å². The van der Waals surface area contributed by atoms with Gasteiger partial charge in [-0.05, 0) is 37.5 Å². The van der Waals surface area contributed by atoms with E-state index in [9.17, 15) is 33.6 Å². The van der Waals surface area contributed by atoms with Crippen LogP contribution in [0.3, 0.4) is 0 Å². The number of aliphatic hydroxyl groups is 1. The van der Waals surface area contributed by atoms with Gasteiger partial charge in [-0.3, -0.25) is 33.7 Å². The highest BCUT2D eigenvalue weighted by Crippen LogP contribution is 2.44. The van der Waals surface area contributed by atoms with Gasteiger partial charge in [0, 0.05) is 50.8 Å². The van der Waals surface area contributed by atoms with Crippen molar-refractivity contribution in [2.45, 2.75) is 71.8 Å². The van der Waals surface area contributed by atoms with Gasteiger partial charge < -0.3 is 47.1 Å². The summed E-state index contributed by atoms with van der Waals surface area (Å²) >= 11 is 0. The molecule has 1 aliphatic rings. The van der Waals surface area contributed by atoms with Crippen LogP contribution in [0.1, 0.15) is 65.7 Å². The second kappa shape index (κ2) is 22.6. The fraction of sp³-hybridized carbons (Fsp3) is 0.719. The van der Waals surface area contributed by atoms with Crippen LogP contribution in [-0.2, 0) is 33.6 Å². The van der Waals surface area contributed by atoms with E-state index in [0.717, 1.165) is 31.4 Å². The molecule has 48 heavy (non-hydrogen) atoms. The van der Waals surface area contributed by atoms with E-state index in [0.29, 0.717) is 25.7 Å². The number of amides is 6. The number of carbonyl (C=O) groups is 7. The summed E-state index contributed by atoms with van der Waals surface area (Å²) < 4.78 is 0. The number of nitrogens with one attached hydrogen (secondary N) is 5. The summed E-state index contributed by atoms with van der Waals surface area (Å²) in [5.41, 5.74) is 6.34. The molecule has 1 fully saturated rings. The fourth-order valence-corrected chi connectivity index (χ4v) is 5.32. The SMILES string of the molecule is C=C1CC(C(C)(CC)CC)C(=O)N1CCCCCC(=O)NCC(=O)NCC(=O)NCC(=O)NCC(=O)NCCN(CCO)C(C=O)CN. The number of hydrogen-bond acceptors (Lipinski definition) is 10. The number of nitrogens with zero attached hydrogens (tertiary/aromatic N) is 2. The standard InChI is InChI=1S/C32H56N8O8/c1-5-32(4,6-2)25-16-23(3)40(31(25)48)12-9-7-8-10-26(43)35-19-28(45)37-21-30(47)38-20-29(46)36-18-27(44)34-11-13-39(14-15-41)24(17-33)22-42/h22,24-25,41H,3,5-21,33H2,1-2,4H3,(H,34,44)(H,35,43)(H,36,46)(H,37,45)(H,38,47). The Bertz CT molecular complexity index is 1110. The Morgan fingerprint density at radius 1 is 0.917 bits per heavy atom. The molecule has 1 saturated heterocycles. The number of likely N-dealkylation sites (tertiary alicyclic amines) is 1. The van der Waals surface area contributed by atoms with Crippen LogP contribution in [0.2, 0.25) is 0 Å². The van der Waals surface area contributed by atoms with Crippen LogP contribution >= 0.6 is 0 Å². The lowest BCUT2D eigenvalue weighted by Crippen LogP contribution is -2.48. The third-order valence-electron chi connectivity index (χ3n) is 8.89. The number of rotatable bonds is 25. The van der Waals surface area contributed by atoms with Gasteiger partial charge in [-0.15, -0.1) is 0 Å². The zero-order valence-electron chi connectivity index (χ0n) is 28.7. The van der Waals surface area contributed by atoms with Gasteiger partial charge >= 0.3 is 0 Å². The van der Waals surface area contributed by atoms with Crippen molar-refractivity contribution in [1.29, 1.82) is 0 Å². The molecule has 2 unspecified atom stereocenters. The summed E-state index contributed by atoms with van der Waals surface area (Å²) in [6, 6.07) is -0.583. The molecule has 0 aromatic heterocycles. The lowest BCUT2D eigenvalue weighted by atomic mass is 9.72. The van der Waals surface area contributed by atoms with Gasteiger partial charge in [0.15, 0.2) is 0 Å². The van der Waals surface area contributed by atoms with E-state index in [1.54, 1.807) is 9.80 Å². The topological polar surface area (TPSA) is 232 Å². The van der Waals surface area contributed by atoms with Gasteiger partial charge in [-0.25, -0.2) is 0 Å². The first-order chi connectivity index (χ1) is 22.8. The predicted molar refractivity (Wildman–Crippen MR) is 179 cm³/mol. The van der Waals surface area contributed by atoms with Crippen LogP contribution in [0.5, 0.6) is 0 Å². The Hall–Kier alpha value is -3.89. The zero-order chi connectivity index (χ0) is 36.1. The summed E-state index contributed by atoms with van der Waals surface area (Å²) in [6.07, 6.45) is 5.52. The number of aliphatic hydroxyl groups excluding tert-OH is 1. The predicted octanol–water partition coefficient (Wildman–Crippen LogP) is -1.86. The van der Waals surface area contributed by atoms with Gasteiger partial charge in [0.05, 0.1) is 38.8 Å². The number of aldehydes is 1. The molecule has 8 N–H and O–H groups in total. The maximum Gasteiger partial charge on any atom is 0.239 e. The van der Waals surface area contributed by atoms with Gasteiger partial charge in [0.2, 0.25) is 35.4 Å². The largest absolute Gasteiger partial charge is 0.395 e. The maximum atomic E-state index is 13.0. The molecule has 1 heterocycles. The molecule has 0 aromatic rings. The summed E-state index contributed by atoms with van der Waals surface area (Å²) in [6.45, 7) is 10.1. The van der Waals surface area contributed by atoms with E-state index in [4.69, 9.17) is 10.8 Å². The molecule has 0 aromatic carbocycles. The first kappa shape index (κ1) is 42.1. The lowest BCUT2D eigenvalue weighted by molar-refractivity contribution is -0.134. The van der Waals surface area contributed by atoms with E-state index in [1.807, 2.05) is 0 Å². The lowest BCUT2D eigenvalue weighted by Gasteiger charge is -2.32. The average Bonchev–Trinajstić information content (AvgIpc) is 3.37. The Morgan fingerprint density at radius 2 is 1.44 bits per heavy atom. The van der Waals surface area contributed by atoms with Crippen molar-refractivity contribution < 1.29 is 38.7 Å². The van der Waals surface area contributed by atoms with Crippen LogP contribution in [0.4, 0.5) is 0 Å². The summed E-state index contributed by atoms with van der Waals surface area (Å²) in [7, 11) is 0. The third kappa shape index (κ3) is 14.9. The normalized spacial score (nSPS) is 15.2. The van der Waals surface area contributed by atoms with E-state index < -0.39 is 42.8 Å². The first-order valence-electron chi connectivity index (χ1n) is 16.7. The van der Waals surface area contributed by atoms with Gasteiger partial charge in [0.25, 0.3) is 0 Å². The van der Waals surface area contributed by atoms with E-state index >= 15 is 0 Å². The molecule has 6 amide bonds. The average molecular weight is 681 g/mol. The van der Waals surface area contributed by atoms with Crippen molar-refractivity contribution in [3.05, 3.63) is 12.3 Å². The number of carbonyl (C=O) groups excluding carboxylic acids is 7. The van der Waals surface area contributed by atoms with Crippen molar-refractivity contribution in [3.63, 3.8) is 0 Å². The van der Waals surface area contributed by atoms with Crippen molar-refractivity contribution >= 4 is 41.7 Å². The van der Waals surface area contributed by atoms with Crippen molar-refractivity contribution in [2.75, 3.05) is 65.5 Å². The summed E-state index contributed by atoms with van der Waals surface area (Å²) in [5, 5.41) is 21.2. The van der Waals surface area contributed by atoms with Crippen LogP contribution in [0.15, 0.2) is 12.3 Å². The molecule has 1 aliphatic heterocycles. The highest BCUT2D eigenvalue weighted by Gasteiger charge is 2.44. The number of allylic oxidation sites excluding steroid dienone is 1. The second-order valence-corrected chi connectivity index (χ2v) is 12.1. The molecule has 0 radical (unpaired) electrons. The molecule has 1 rings (SSSR count). The Kier molecular flexibility index (Phi) is 19.9. The van der Waals surface area contributed by atoms with Crippen LogP contribution in [-0.4, -0.2) is 128 Å². The number of hydrogen-bond donors (Lipinski definition) is 7. The molecule has 0 aliphatic carbocycles.